The number of carbonyl (C=O) groups excluding carboxylic acids is 2. The van der Waals surface area contributed by atoms with Crippen LogP contribution in [-0.2, 0) is 9.59 Å². The number of hydrogen-bond acceptors (Lipinski definition) is 5. The summed E-state index contributed by atoms with van der Waals surface area (Å²) in [7, 11) is 0. The second-order valence-electron chi connectivity index (χ2n) is 5.79. The first-order valence-electron chi connectivity index (χ1n) is 8.16. The molecule has 1 aliphatic heterocycles. The molecule has 0 saturated carbocycles. The summed E-state index contributed by atoms with van der Waals surface area (Å²) in [6.07, 6.45) is 1.54. The average Bonchev–Trinajstić information content (AvgIpc) is 2.89. The molecule has 0 bridgehead atoms. The van der Waals surface area contributed by atoms with E-state index < -0.39 is 17.5 Å². The summed E-state index contributed by atoms with van der Waals surface area (Å²) < 4.78 is 26.9. The van der Waals surface area contributed by atoms with Crippen molar-refractivity contribution < 1.29 is 23.5 Å². The number of carbonyl (C=O) groups is 2. The number of rotatable bonds is 4. The fraction of sp³-hybridized carbons (Fsp3) is 0.105. The van der Waals surface area contributed by atoms with E-state index in [1.807, 2.05) is 0 Å². The molecule has 144 valence electrons. The molecule has 1 saturated heterocycles. The Kier molecular flexibility index (Phi) is 5.76. The van der Waals surface area contributed by atoms with Gasteiger partial charge in [0, 0.05) is 12.5 Å². The maximum Gasteiger partial charge on any atom is 0.270 e. The van der Waals surface area contributed by atoms with E-state index in [9.17, 15) is 23.5 Å². The highest BCUT2D eigenvalue weighted by Gasteiger charge is 2.35. The number of anilines is 2. The fourth-order valence-corrected chi connectivity index (χ4v) is 3.82. The van der Waals surface area contributed by atoms with Crippen LogP contribution in [0, 0.1) is 11.6 Å². The highest BCUT2D eigenvalue weighted by molar-refractivity contribution is 8.27. The van der Waals surface area contributed by atoms with Crippen LogP contribution in [0.1, 0.15) is 18.9 Å². The number of amides is 2. The van der Waals surface area contributed by atoms with Crippen LogP contribution in [0.2, 0.25) is 0 Å². The van der Waals surface area contributed by atoms with Gasteiger partial charge in [-0.05, 0) is 35.9 Å². The number of nitrogens with zero attached hydrogens (tertiary/aromatic N) is 1. The molecule has 0 aromatic heterocycles. The molecule has 0 atom stereocenters. The number of aromatic hydroxyl groups is 1. The first-order valence-corrected chi connectivity index (χ1v) is 9.38. The monoisotopic (exact) mass is 420 g/mol. The van der Waals surface area contributed by atoms with Crippen LogP contribution in [0.3, 0.4) is 0 Å². The van der Waals surface area contributed by atoms with Gasteiger partial charge in [-0.1, -0.05) is 37.0 Å². The fourth-order valence-electron chi connectivity index (χ4n) is 2.54. The lowest BCUT2D eigenvalue weighted by Crippen LogP contribution is -2.27. The van der Waals surface area contributed by atoms with Crippen molar-refractivity contribution in [1.29, 1.82) is 0 Å². The van der Waals surface area contributed by atoms with Crippen LogP contribution in [0.4, 0.5) is 20.2 Å². The number of phenolic OH excluding ortho intramolecular Hbond substituents is 1. The molecule has 2 aromatic rings. The molecule has 2 amide bonds. The number of para-hydroxylation sites is 1. The Morgan fingerprint density at radius 1 is 1.29 bits per heavy atom. The Morgan fingerprint density at radius 2 is 1.96 bits per heavy atom. The van der Waals surface area contributed by atoms with Gasteiger partial charge in [-0.3, -0.25) is 14.5 Å². The number of nitrogens with one attached hydrogen (secondary N) is 1. The van der Waals surface area contributed by atoms with E-state index in [0.717, 1.165) is 34.9 Å². The third-order valence-corrected chi connectivity index (χ3v) is 5.13. The second kappa shape index (κ2) is 8.07. The number of thioether (sulfide) groups is 1. The van der Waals surface area contributed by atoms with Gasteiger partial charge in [0.2, 0.25) is 5.91 Å². The van der Waals surface area contributed by atoms with Crippen LogP contribution in [0.25, 0.3) is 6.08 Å². The third-order valence-electron chi connectivity index (χ3n) is 3.83. The van der Waals surface area contributed by atoms with Gasteiger partial charge < -0.3 is 10.4 Å². The van der Waals surface area contributed by atoms with Gasteiger partial charge >= 0.3 is 0 Å². The van der Waals surface area contributed by atoms with Crippen molar-refractivity contribution in [1.82, 2.24) is 0 Å². The van der Waals surface area contributed by atoms with Crippen molar-refractivity contribution in [3.8, 4) is 5.75 Å². The normalized spacial score (nSPS) is 15.4. The van der Waals surface area contributed by atoms with Gasteiger partial charge in [0.25, 0.3) is 5.91 Å². The molecule has 0 radical (unpaired) electrons. The van der Waals surface area contributed by atoms with E-state index >= 15 is 0 Å². The van der Waals surface area contributed by atoms with E-state index in [2.05, 4.69) is 5.32 Å². The summed E-state index contributed by atoms with van der Waals surface area (Å²) in [6, 6.07) is 7.45. The van der Waals surface area contributed by atoms with Crippen LogP contribution >= 0.6 is 24.0 Å². The quantitative estimate of drug-likeness (QED) is 0.435. The van der Waals surface area contributed by atoms with Gasteiger partial charge in [0.05, 0.1) is 16.3 Å². The molecular weight excluding hydrogens is 406 g/mol. The molecule has 9 heteroatoms. The largest absolute Gasteiger partial charge is 0.504 e. The van der Waals surface area contributed by atoms with Crippen molar-refractivity contribution in [2.45, 2.75) is 13.3 Å². The Bertz CT molecular complexity index is 1000. The van der Waals surface area contributed by atoms with E-state index in [-0.39, 0.29) is 44.2 Å². The molecular formula is C19H14F2N2O3S2. The molecule has 0 aliphatic carbocycles. The third kappa shape index (κ3) is 4.05. The average molecular weight is 420 g/mol. The van der Waals surface area contributed by atoms with Crippen molar-refractivity contribution in [2.75, 3.05) is 10.2 Å². The summed E-state index contributed by atoms with van der Waals surface area (Å²) >= 11 is 6.18. The highest BCUT2D eigenvalue weighted by Crippen LogP contribution is 2.42. The van der Waals surface area contributed by atoms with Crippen molar-refractivity contribution >= 4 is 57.6 Å². The summed E-state index contributed by atoms with van der Waals surface area (Å²) in [4.78, 5) is 25.7. The minimum absolute atomic E-state index is 0.102. The molecule has 0 spiro atoms. The SMILES string of the molecule is CCC(=O)Nc1cccc(N2C(=O)/C(=C/c3cc(F)cc(F)c3)SC2=S)c1O. The molecule has 3 rings (SSSR count). The lowest BCUT2D eigenvalue weighted by molar-refractivity contribution is -0.116. The number of phenols is 1. The Balaban J connectivity index is 1.95. The zero-order valence-corrected chi connectivity index (χ0v) is 16.2. The lowest BCUT2D eigenvalue weighted by atomic mass is 10.2. The molecule has 1 heterocycles. The van der Waals surface area contributed by atoms with Crippen molar-refractivity contribution in [3.05, 3.63) is 58.5 Å². The molecule has 5 nitrogen and oxygen atoms in total. The molecule has 1 aliphatic rings. The Hall–Kier alpha value is -2.78. The minimum Gasteiger partial charge on any atom is -0.504 e. The van der Waals surface area contributed by atoms with E-state index in [0.29, 0.717) is 0 Å². The molecule has 2 aromatic carbocycles. The summed E-state index contributed by atoms with van der Waals surface area (Å²) in [5, 5.41) is 13.0. The molecule has 1 fully saturated rings. The zero-order chi connectivity index (χ0) is 20.4. The number of hydrogen-bond donors (Lipinski definition) is 2. The van der Waals surface area contributed by atoms with E-state index in [1.54, 1.807) is 13.0 Å². The minimum atomic E-state index is -0.765. The number of benzene rings is 2. The van der Waals surface area contributed by atoms with E-state index in [4.69, 9.17) is 12.2 Å². The number of halogens is 2. The molecule has 0 unspecified atom stereocenters. The smallest absolute Gasteiger partial charge is 0.270 e. The van der Waals surface area contributed by atoms with Gasteiger partial charge in [-0.2, -0.15) is 0 Å². The molecule has 28 heavy (non-hydrogen) atoms. The topological polar surface area (TPSA) is 69.6 Å². The van der Waals surface area contributed by atoms with Crippen molar-refractivity contribution in [2.24, 2.45) is 0 Å². The second-order valence-corrected chi connectivity index (χ2v) is 7.47. The highest BCUT2D eigenvalue weighted by atomic mass is 32.2. The van der Waals surface area contributed by atoms with Gasteiger partial charge in [0.1, 0.15) is 11.6 Å². The summed E-state index contributed by atoms with van der Waals surface area (Å²) in [5.41, 5.74) is 0.422. The van der Waals surface area contributed by atoms with Crippen LogP contribution in [0.5, 0.6) is 5.75 Å². The maximum absolute atomic E-state index is 13.4. The summed E-state index contributed by atoms with van der Waals surface area (Å²) in [6.45, 7) is 1.66. The molecule has 2 N–H and O–H groups in total. The van der Waals surface area contributed by atoms with Gasteiger partial charge in [-0.15, -0.1) is 0 Å². The first kappa shape index (κ1) is 20.0. The zero-order valence-electron chi connectivity index (χ0n) is 14.5. The number of thiocarbonyl (C=S) groups is 1. The van der Waals surface area contributed by atoms with Crippen LogP contribution in [0.15, 0.2) is 41.3 Å². The van der Waals surface area contributed by atoms with Crippen LogP contribution in [-0.4, -0.2) is 21.2 Å². The Morgan fingerprint density at radius 3 is 2.61 bits per heavy atom. The van der Waals surface area contributed by atoms with Crippen LogP contribution < -0.4 is 10.2 Å². The Labute approximate surface area is 169 Å². The predicted octanol–water partition coefficient (Wildman–Crippen LogP) is 4.42. The van der Waals surface area contributed by atoms with Gasteiger partial charge in [-0.25, -0.2) is 8.78 Å². The van der Waals surface area contributed by atoms with E-state index in [1.165, 1.54) is 18.2 Å². The van der Waals surface area contributed by atoms with Crippen molar-refractivity contribution in [3.63, 3.8) is 0 Å². The predicted molar refractivity (Wildman–Crippen MR) is 109 cm³/mol. The standard InChI is InChI=1S/C19H14F2N2O3S2/c1-2-16(24)22-13-4-3-5-14(17(13)25)23-18(26)15(28-19(23)27)8-10-6-11(20)9-12(21)7-10/h3-9,25H,2H2,1H3,(H,22,24)/b15-8-. The first-order chi connectivity index (χ1) is 13.3. The summed E-state index contributed by atoms with van der Waals surface area (Å²) in [5.74, 6) is -2.68. The maximum atomic E-state index is 13.4. The van der Waals surface area contributed by atoms with Gasteiger partial charge in [0.15, 0.2) is 10.1 Å². The lowest BCUT2D eigenvalue weighted by Gasteiger charge is -2.18.